The Hall–Kier alpha value is -2.22. The molecule has 0 rings (SSSR count). The molecule has 0 aromatic rings. The van der Waals surface area contributed by atoms with E-state index >= 15 is 0 Å². The van der Waals surface area contributed by atoms with E-state index in [1.54, 1.807) is 0 Å². The van der Waals surface area contributed by atoms with Gasteiger partial charge in [-0.25, -0.2) is 9.13 Å². The molecule has 0 amide bonds. The van der Waals surface area contributed by atoms with Crippen molar-refractivity contribution in [3.8, 4) is 0 Å². The number of allylic oxidation sites excluding steroid dienone is 9. The standard InChI is InChI=1S/C42H74O14P2/c1-3-5-6-7-8-9-10-12-16-19-22-25-28-32-41(45)52-36-40(37-55-58(50,51)54-35-39(44)34-53-57(47,48)49)56-42(46)33-29-26-23-20-17-14-11-13-15-18-21-24-27-31-38(43)30-4-2/h9-11,14-15,18,20,23-24,27,38-40,43-44H,3-8,12-13,16-17,19,21-22,25-26,28-37H2,1-2H3,(H,50,51)(H2,47,48,49)/b10-9-,14-11-,18-15-,23-20-,27-24-/t38?,39-,40+/m0/s1. The van der Waals surface area contributed by atoms with Gasteiger partial charge in [-0.1, -0.05) is 120 Å². The van der Waals surface area contributed by atoms with Crippen LogP contribution in [0.25, 0.3) is 0 Å². The normalized spacial score (nSPS) is 15.2. The Morgan fingerprint density at radius 3 is 1.66 bits per heavy atom. The van der Waals surface area contributed by atoms with Crippen LogP contribution in [0.5, 0.6) is 0 Å². The molecule has 0 aromatic heterocycles. The SMILES string of the molecule is CCCCCC/C=C\CCCCCCCC(=O)OC[C@H](COP(=O)(O)OC[C@@H](O)COP(=O)(O)O)OC(=O)CCC/C=C\C/C=C\C/C=C\C/C=C\CC(O)CCC. The Bertz CT molecular complexity index is 1280. The van der Waals surface area contributed by atoms with Gasteiger partial charge in [0.15, 0.2) is 6.10 Å². The molecular formula is C42H74O14P2. The second kappa shape index (κ2) is 37.8. The first-order chi connectivity index (χ1) is 27.8. The van der Waals surface area contributed by atoms with Gasteiger partial charge in [0.25, 0.3) is 0 Å². The van der Waals surface area contributed by atoms with Crippen LogP contribution >= 0.6 is 15.6 Å². The Morgan fingerprint density at radius 2 is 1.03 bits per heavy atom. The number of hydrogen-bond donors (Lipinski definition) is 5. The predicted molar refractivity (Wildman–Crippen MR) is 227 cm³/mol. The molecule has 0 bridgehead atoms. The van der Waals surface area contributed by atoms with Crippen LogP contribution in [0.15, 0.2) is 60.8 Å². The smallest absolute Gasteiger partial charge is 0.462 e. The minimum absolute atomic E-state index is 0.0369. The summed E-state index contributed by atoms with van der Waals surface area (Å²) in [5.41, 5.74) is 0. The number of rotatable bonds is 39. The highest BCUT2D eigenvalue weighted by molar-refractivity contribution is 7.47. The van der Waals surface area contributed by atoms with Crippen molar-refractivity contribution in [1.29, 1.82) is 0 Å². The zero-order valence-electron chi connectivity index (χ0n) is 35.0. The molecule has 0 saturated carbocycles. The number of carbonyl (C=O) groups is 2. The topological polar surface area (TPSA) is 216 Å². The summed E-state index contributed by atoms with van der Waals surface area (Å²) < 4.78 is 47.6. The summed E-state index contributed by atoms with van der Waals surface area (Å²) in [7, 11) is -9.71. The Kier molecular flexibility index (Phi) is 36.3. The maximum Gasteiger partial charge on any atom is 0.472 e. The van der Waals surface area contributed by atoms with Crippen molar-refractivity contribution in [1.82, 2.24) is 0 Å². The van der Waals surface area contributed by atoms with Crippen LogP contribution in [-0.2, 0) is 41.8 Å². The average Bonchev–Trinajstić information content (AvgIpc) is 3.17. The quantitative estimate of drug-likeness (QED) is 0.0168. The predicted octanol–water partition coefficient (Wildman–Crippen LogP) is 9.42. The fourth-order valence-corrected chi connectivity index (χ4v) is 6.39. The first-order valence-electron chi connectivity index (χ1n) is 21.1. The fraction of sp³-hybridized carbons (Fsp3) is 0.714. The van der Waals surface area contributed by atoms with Gasteiger partial charge in [-0.2, -0.15) is 0 Å². The number of phosphoric ester groups is 2. The molecule has 0 aliphatic heterocycles. The first kappa shape index (κ1) is 55.8. The number of aliphatic hydroxyl groups is 2. The van der Waals surface area contributed by atoms with Crippen LogP contribution in [0.2, 0.25) is 0 Å². The van der Waals surface area contributed by atoms with Crippen LogP contribution in [-0.4, -0.2) is 81.6 Å². The van der Waals surface area contributed by atoms with E-state index in [-0.39, 0.29) is 18.9 Å². The molecule has 5 N–H and O–H groups in total. The molecular weight excluding hydrogens is 790 g/mol. The van der Waals surface area contributed by atoms with Gasteiger partial charge in [-0.3, -0.25) is 23.2 Å². The number of unbranched alkanes of at least 4 members (excludes halogenated alkanes) is 10. The van der Waals surface area contributed by atoms with Gasteiger partial charge in [-0.05, 0) is 77.0 Å². The van der Waals surface area contributed by atoms with Crippen molar-refractivity contribution in [3.05, 3.63) is 60.8 Å². The van der Waals surface area contributed by atoms with E-state index in [0.29, 0.717) is 25.7 Å². The van der Waals surface area contributed by atoms with Crippen molar-refractivity contribution in [2.24, 2.45) is 0 Å². The molecule has 14 nitrogen and oxygen atoms in total. The van der Waals surface area contributed by atoms with Gasteiger partial charge in [0, 0.05) is 12.8 Å². The summed E-state index contributed by atoms with van der Waals surface area (Å²) in [6, 6.07) is 0. The van der Waals surface area contributed by atoms with E-state index in [4.69, 9.17) is 23.8 Å². The molecule has 0 saturated heterocycles. The lowest BCUT2D eigenvalue weighted by molar-refractivity contribution is -0.161. The molecule has 4 atom stereocenters. The fourth-order valence-electron chi connectivity index (χ4n) is 5.23. The molecule has 2 unspecified atom stereocenters. The van der Waals surface area contributed by atoms with Gasteiger partial charge in [0.2, 0.25) is 0 Å². The molecule has 58 heavy (non-hydrogen) atoms. The van der Waals surface area contributed by atoms with Gasteiger partial charge < -0.3 is 34.4 Å². The third-order valence-corrected chi connectivity index (χ3v) is 9.86. The minimum Gasteiger partial charge on any atom is -0.462 e. The Balaban J connectivity index is 4.68. The maximum absolute atomic E-state index is 12.6. The number of phosphoric acid groups is 2. The molecule has 0 aliphatic carbocycles. The molecule has 0 radical (unpaired) electrons. The lowest BCUT2D eigenvalue weighted by Crippen LogP contribution is -2.29. The number of ether oxygens (including phenoxy) is 2. The van der Waals surface area contributed by atoms with Crippen molar-refractivity contribution >= 4 is 27.6 Å². The summed E-state index contributed by atoms with van der Waals surface area (Å²) >= 11 is 0. The van der Waals surface area contributed by atoms with E-state index in [1.807, 2.05) is 18.2 Å². The monoisotopic (exact) mass is 864 g/mol. The van der Waals surface area contributed by atoms with Gasteiger partial charge >= 0.3 is 27.6 Å². The zero-order valence-corrected chi connectivity index (χ0v) is 36.8. The molecule has 0 fully saturated rings. The van der Waals surface area contributed by atoms with E-state index in [0.717, 1.165) is 70.6 Å². The Labute approximate surface area is 347 Å². The highest BCUT2D eigenvalue weighted by Gasteiger charge is 2.28. The molecule has 336 valence electrons. The van der Waals surface area contributed by atoms with Crippen LogP contribution in [0.1, 0.15) is 149 Å². The van der Waals surface area contributed by atoms with Crippen molar-refractivity contribution < 1.29 is 66.7 Å². The number of esters is 2. The lowest BCUT2D eigenvalue weighted by atomic mass is 10.1. The van der Waals surface area contributed by atoms with Crippen LogP contribution < -0.4 is 0 Å². The lowest BCUT2D eigenvalue weighted by Gasteiger charge is -2.20. The highest BCUT2D eigenvalue weighted by atomic mass is 31.2. The second-order valence-electron chi connectivity index (χ2n) is 14.1. The molecule has 0 heterocycles. The molecule has 0 spiro atoms. The van der Waals surface area contributed by atoms with E-state index in [1.165, 1.54) is 25.7 Å². The molecule has 0 aliphatic rings. The summed E-state index contributed by atoms with van der Waals surface area (Å²) in [6.45, 7) is 1.45. The zero-order chi connectivity index (χ0) is 43.2. The largest absolute Gasteiger partial charge is 0.472 e. The molecule has 0 aromatic carbocycles. The van der Waals surface area contributed by atoms with E-state index in [2.05, 4.69) is 65.4 Å². The summed E-state index contributed by atoms with van der Waals surface area (Å²) in [4.78, 5) is 52.6. The van der Waals surface area contributed by atoms with Gasteiger partial charge in [-0.15, -0.1) is 0 Å². The van der Waals surface area contributed by atoms with E-state index < -0.39 is 66.2 Å². The number of carbonyl (C=O) groups excluding carboxylic acids is 2. The summed E-state index contributed by atoms with van der Waals surface area (Å²) in [6.07, 6.45) is 35.7. The second-order valence-corrected chi connectivity index (χ2v) is 16.8. The highest BCUT2D eigenvalue weighted by Crippen LogP contribution is 2.43. The van der Waals surface area contributed by atoms with Crippen LogP contribution in [0.4, 0.5) is 0 Å². The Morgan fingerprint density at radius 1 is 0.534 bits per heavy atom. The van der Waals surface area contributed by atoms with E-state index in [9.17, 15) is 33.8 Å². The van der Waals surface area contributed by atoms with Crippen molar-refractivity contribution in [2.75, 3.05) is 26.4 Å². The third kappa shape index (κ3) is 40.6. The minimum atomic E-state index is -4.87. The number of hydrogen-bond acceptors (Lipinski definition) is 11. The van der Waals surface area contributed by atoms with Crippen LogP contribution in [0.3, 0.4) is 0 Å². The van der Waals surface area contributed by atoms with Crippen LogP contribution in [0, 0.1) is 0 Å². The maximum atomic E-state index is 12.6. The first-order valence-corrected chi connectivity index (χ1v) is 24.1. The van der Waals surface area contributed by atoms with Gasteiger partial charge in [0.1, 0.15) is 12.7 Å². The van der Waals surface area contributed by atoms with Gasteiger partial charge in [0.05, 0.1) is 25.9 Å². The summed E-state index contributed by atoms with van der Waals surface area (Å²) in [5.74, 6) is -1.13. The third-order valence-electron chi connectivity index (χ3n) is 8.42. The number of aliphatic hydroxyl groups excluding tert-OH is 2. The average molecular weight is 865 g/mol. The van der Waals surface area contributed by atoms with Crippen molar-refractivity contribution in [2.45, 2.75) is 167 Å². The summed E-state index contributed by atoms with van der Waals surface area (Å²) in [5, 5.41) is 19.5. The molecule has 16 heteroatoms. The van der Waals surface area contributed by atoms with Crippen molar-refractivity contribution in [3.63, 3.8) is 0 Å².